The highest BCUT2D eigenvalue weighted by Crippen LogP contribution is 2.17. The summed E-state index contributed by atoms with van der Waals surface area (Å²) < 4.78 is 57.9. The summed E-state index contributed by atoms with van der Waals surface area (Å²) in [5, 5.41) is 29.5. The molecule has 0 radical (unpaired) electrons. The molecule has 314 valence electrons. The summed E-state index contributed by atoms with van der Waals surface area (Å²) in [4.78, 5) is 35.8. The lowest BCUT2D eigenvalue weighted by atomic mass is 9.90. The van der Waals surface area contributed by atoms with Gasteiger partial charge in [-0.3, -0.25) is 19.6 Å². The SMILES string of the molecule is CC(C)[C@H](NS(=O)(=O)CCc1ccncc1)C(=O)N[C@@H](Cc1ccccc1)[C@H](O)[C@@H](O)[C@H](Cc1ccccc1)NC(=O)[C@@H](NS(=O)(=O)CCc1ccncc1)C(C)C. The lowest BCUT2D eigenvalue weighted by molar-refractivity contribution is -0.129. The number of pyridine rings is 2. The average Bonchev–Trinajstić information content (AvgIpc) is 3.21. The number of aliphatic hydroxyl groups excluding tert-OH is 2. The van der Waals surface area contributed by atoms with Crippen LogP contribution < -0.4 is 20.1 Å². The number of carbonyl (C=O) groups is 2. The first-order valence-corrected chi connectivity index (χ1v) is 22.7. The molecule has 2 aromatic carbocycles. The quantitative estimate of drug-likeness (QED) is 0.0641. The predicted octanol–water partition coefficient (Wildman–Crippen LogP) is 2.33. The number of rotatable bonds is 23. The van der Waals surface area contributed by atoms with Gasteiger partial charge in [-0.25, -0.2) is 26.3 Å². The molecule has 2 aromatic heterocycles. The maximum absolute atomic E-state index is 14.0. The zero-order valence-electron chi connectivity index (χ0n) is 33.3. The van der Waals surface area contributed by atoms with Crippen LogP contribution in [0.4, 0.5) is 0 Å². The lowest BCUT2D eigenvalue weighted by Gasteiger charge is -2.35. The highest BCUT2D eigenvalue weighted by atomic mass is 32.2. The molecule has 4 rings (SSSR count). The standard InChI is InChI=1S/C42H56N6O8S2/c1-29(2)37(47-57(53,54)25-19-31-15-21-43-22-16-31)41(51)45-35(27-33-11-7-5-8-12-33)39(49)40(50)36(28-34-13-9-6-10-14-34)46-42(52)38(30(3)4)48-58(55,56)26-20-32-17-23-44-24-18-32/h5-18,21-24,29-30,35-40,47-50H,19-20,25-28H2,1-4H3,(H,45,51)(H,46,52)/t35-,36-,37-,38-,39-,40-/m0/s1. The molecule has 0 spiro atoms. The summed E-state index contributed by atoms with van der Waals surface area (Å²) in [5.41, 5.74) is 2.95. The molecule has 0 unspecified atom stereocenters. The average molecular weight is 837 g/mol. The number of aliphatic hydroxyl groups is 2. The number of benzene rings is 2. The number of hydrogen-bond donors (Lipinski definition) is 6. The van der Waals surface area contributed by atoms with Gasteiger partial charge in [0.15, 0.2) is 0 Å². The Morgan fingerprint density at radius 2 is 0.862 bits per heavy atom. The van der Waals surface area contributed by atoms with Gasteiger partial charge in [-0.1, -0.05) is 88.4 Å². The fourth-order valence-corrected chi connectivity index (χ4v) is 9.14. The summed E-state index contributed by atoms with van der Waals surface area (Å²) in [5.74, 6) is -2.97. The maximum atomic E-state index is 14.0. The molecular weight excluding hydrogens is 781 g/mol. The van der Waals surface area contributed by atoms with E-state index in [1.165, 1.54) is 0 Å². The number of nitrogens with one attached hydrogen (secondary N) is 4. The van der Waals surface area contributed by atoms with Crippen LogP contribution in [0.5, 0.6) is 0 Å². The summed E-state index contributed by atoms with van der Waals surface area (Å²) in [6, 6.07) is 20.0. The van der Waals surface area contributed by atoms with Gasteiger partial charge >= 0.3 is 0 Å². The first-order chi connectivity index (χ1) is 27.5. The zero-order chi connectivity index (χ0) is 42.3. The minimum absolute atomic E-state index is 0.0440. The topological polar surface area (TPSA) is 217 Å². The molecule has 0 fully saturated rings. The van der Waals surface area contributed by atoms with Crippen LogP contribution in [-0.4, -0.2) is 96.7 Å². The smallest absolute Gasteiger partial charge is 0.238 e. The molecule has 0 aliphatic heterocycles. The normalized spacial score (nSPS) is 15.2. The van der Waals surface area contributed by atoms with Gasteiger partial charge in [0, 0.05) is 24.8 Å². The Morgan fingerprint density at radius 1 is 0.534 bits per heavy atom. The van der Waals surface area contributed by atoms with Crippen molar-refractivity contribution < 1.29 is 36.6 Å². The van der Waals surface area contributed by atoms with E-state index in [1.807, 2.05) is 12.1 Å². The number of hydrogen-bond acceptors (Lipinski definition) is 10. The molecule has 0 saturated carbocycles. The van der Waals surface area contributed by atoms with Crippen molar-refractivity contribution in [2.45, 2.75) is 89.8 Å². The van der Waals surface area contributed by atoms with Crippen LogP contribution in [0.25, 0.3) is 0 Å². The zero-order valence-corrected chi connectivity index (χ0v) is 34.9. The van der Waals surface area contributed by atoms with Crippen LogP contribution in [0.15, 0.2) is 110 Å². The fraction of sp³-hybridized carbons (Fsp3) is 0.429. The van der Waals surface area contributed by atoms with Gasteiger partial charge in [-0.05, 0) is 84.0 Å². The predicted molar refractivity (Wildman–Crippen MR) is 223 cm³/mol. The highest BCUT2D eigenvalue weighted by Gasteiger charge is 2.38. The van der Waals surface area contributed by atoms with E-state index in [2.05, 4.69) is 30.0 Å². The van der Waals surface area contributed by atoms with Crippen LogP contribution in [-0.2, 0) is 55.3 Å². The van der Waals surface area contributed by atoms with Gasteiger partial charge in [0.1, 0.15) is 24.3 Å². The van der Waals surface area contributed by atoms with Crippen LogP contribution in [0.2, 0.25) is 0 Å². The molecule has 4 aromatic rings. The molecule has 0 aliphatic rings. The Bertz CT molecular complexity index is 1930. The first-order valence-electron chi connectivity index (χ1n) is 19.4. The van der Waals surface area contributed by atoms with E-state index in [-0.39, 0.29) is 37.2 Å². The minimum Gasteiger partial charge on any atom is -0.388 e. The van der Waals surface area contributed by atoms with Crippen molar-refractivity contribution >= 4 is 31.9 Å². The van der Waals surface area contributed by atoms with Gasteiger partial charge in [-0.15, -0.1) is 0 Å². The number of carbonyl (C=O) groups excluding carboxylic acids is 2. The molecule has 16 heteroatoms. The minimum atomic E-state index is -3.95. The van der Waals surface area contributed by atoms with Crippen molar-refractivity contribution in [3.63, 3.8) is 0 Å². The third-order valence-corrected chi connectivity index (χ3v) is 12.5. The fourth-order valence-electron chi connectivity index (χ4n) is 6.36. The Labute approximate surface area is 342 Å². The van der Waals surface area contributed by atoms with Crippen molar-refractivity contribution in [2.75, 3.05) is 11.5 Å². The summed E-state index contributed by atoms with van der Waals surface area (Å²) >= 11 is 0. The summed E-state index contributed by atoms with van der Waals surface area (Å²) in [6.07, 6.45) is 3.38. The summed E-state index contributed by atoms with van der Waals surface area (Å²) in [6.45, 7) is 6.77. The van der Waals surface area contributed by atoms with Gasteiger partial charge in [0.2, 0.25) is 31.9 Å². The molecular formula is C42H56N6O8S2. The first kappa shape index (κ1) is 46.1. The molecule has 2 heterocycles. The third-order valence-electron chi connectivity index (χ3n) is 9.76. The van der Waals surface area contributed by atoms with E-state index in [0.29, 0.717) is 11.1 Å². The molecule has 6 N–H and O–H groups in total. The van der Waals surface area contributed by atoms with Gasteiger partial charge in [-0.2, -0.15) is 0 Å². The number of sulfonamides is 2. The van der Waals surface area contributed by atoms with E-state index in [4.69, 9.17) is 0 Å². The number of aromatic nitrogens is 2. The van der Waals surface area contributed by atoms with Crippen LogP contribution in [0, 0.1) is 11.8 Å². The maximum Gasteiger partial charge on any atom is 0.238 e. The second kappa shape index (κ2) is 22.0. The van der Waals surface area contributed by atoms with E-state index < -0.39 is 80.1 Å². The van der Waals surface area contributed by atoms with E-state index in [0.717, 1.165) is 11.1 Å². The van der Waals surface area contributed by atoms with E-state index >= 15 is 0 Å². The molecule has 58 heavy (non-hydrogen) atoms. The molecule has 14 nitrogen and oxygen atoms in total. The van der Waals surface area contributed by atoms with Crippen molar-refractivity contribution in [3.05, 3.63) is 132 Å². The van der Waals surface area contributed by atoms with Gasteiger partial charge in [0.05, 0.1) is 23.6 Å². The second-order valence-electron chi connectivity index (χ2n) is 15.1. The van der Waals surface area contributed by atoms with Crippen LogP contribution in [0.1, 0.15) is 49.9 Å². The largest absolute Gasteiger partial charge is 0.388 e. The van der Waals surface area contributed by atoms with Gasteiger partial charge < -0.3 is 20.8 Å². The number of aryl methyl sites for hydroxylation is 2. The van der Waals surface area contributed by atoms with Crippen molar-refractivity contribution in [2.24, 2.45) is 11.8 Å². The molecule has 0 aliphatic carbocycles. The van der Waals surface area contributed by atoms with Crippen molar-refractivity contribution in [1.82, 2.24) is 30.0 Å². The van der Waals surface area contributed by atoms with Crippen molar-refractivity contribution in [1.29, 1.82) is 0 Å². The second-order valence-corrected chi connectivity index (χ2v) is 18.9. The lowest BCUT2D eigenvalue weighted by Crippen LogP contribution is -2.61. The van der Waals surface area contributed by atoms with Crippen molar-refractivity contribution in [3.8, 4) is 0 Å². The van der Waals surface area contributed by atoms with Crippen LogP contribution >= 0.6 is 0 Å². The highest BCUT2D eigenvalue weighted by molar-refractivity contribution is 7.89. The number of amides is 2. The Balaban J connectivity index is 1.57. The Hall–Kier alpha value is -4.58. The third kappa shape index (κ3) is 15.0. The van der Waals surface area contributed by atoms with E-state index in [9.17, 15) is 36.6 Å². The Morgan fingerprint density at radius 3 is 1.17 bits per heavy atom. The molecule has 0 saturated heterocycles. The molecule has 2 amide bonds. The van der Waals surface area contributed by atoms with Gasteiger partial charge in [0.25, 0.3) is 0 Å². The summed E-state index contributed by atoms with van der Waals surface area (Å²) in [7, 11) is -7.90. The Kier molecular flexibility index (Phi) is 17.5. The molecule has 6 atom stereocenters. The molecule has 0 bridgehead atoms. The van der Waals surface area contributed by atoms with E-state index in [1.54, 1.807) is 125 Å². The van der Waals surface area contributed by atoms with Crippen LogP contribution in [0.3, 0.4) is 0 Å². The number of nitrogens with zero attached hydrogens (tertiary/aromatic N) is 2. The monoisotopic (exact) mass is 836 g/mol.